The maximum Gasteiger partial charge on any atom is 0.422 e. The molecule has 0 radical (unpaired) electrons. The van der Waals surface area contributed by atoms with Gasteiger partial charge in [-0.25, -0.2) is 18.6 Å². The van der Waals surface area contributed by atoms with E-state index in [1.807, 2.05) is 0 Å². The average Bonchev–Trinajstić information content (AvgIpc) is 2.99. The summed E-state index contributed by atoms with van der Waals surface area (Å²) in [5.41, 5.74) is -2.58. The van der Waals surface area contributed by atoms with Crippen molar-refractivity contribution >= 4 is 29.9 Å². The fraction of sp³-hybridized carbons (Fsp3) is 0.375. The Kier molecular flexibility index (Phi) is 4.92. The molecule has 0 bridgehead atoms. The molecule has 1 aromatic rings. The van der Waals surface area contributed by atoms with Gasteiger partial charge in [-0.3, -0.25) is 14.5 Å². The fourth-order valence-electron chi connectivity index (χ4n) is 3.12. The normalized spacial score (nSPS) is 21.7. The van der Waals surface area contributed by atoms with E-state index in [2.05, 4.69) is 10.3 Å². The molecule has 1 N–H and O–H groups in total. The first-order chi connectivity index (χ1) is 13.4. The molecule has 2 aliphatic heterocycles. The summed E-state index contributed by atoms with van der Waals surface area (Å²) in [5.74, 6) is -5.21. The van der Waals surface area contributed by atoms with Crippen LogP contribution < -0.4 is 5.32 Å². The first kappa shape index (κ1) is 20.5. The molecule has 1 fully saturated rings. The average molecular weight is 419 g/mol. The van der Waals surface area contributed by atoms with Gasteiger partial charge in [-0.2, -0.15) is 13.2 Å². The molecular formula is C16H14F5N5O3. The monoisotopic (exact) mass is 419 g/mol. The zero-order valence-electron chi connectivity index (χ0n) is 15.0. The summed E-state index contributed by atoms with van der Waals surface area (Å²) in [6.07, 6.45) is -4.89. The van der Waals surface area contributed by atoms with E-state index >= 15 is 0 Å². The first-order valence-corrected chi connectivity index (χ1v) is 8.11. The Morgan fingerprint density at radius 1 is 1.17 bits per heavy atom. The van der Waals surface area contributed by atoms with Crippen LogP contribution in [0.15, 0.2) is 17.1 Å². The lowest BCUT2D eigenvalue weighted by molar-refractivity contribution is -0.142. The molecule has 2 unspecified atom stereocenters. The number of benzene rings is 1. The number of anilines is 1. The quantitative estimate of drug-likeness (QED) is 0.753. The van der Waals surface area contributed by atoms with Gasteiger partial charge in [0.25, 0.3) is 5.91 Å². The summed E-state index contributed by atoms with van der Waals surface area (Å²) >= 11 is 0. The minimum atomic E-state index is -5.23. The molecule has 0 aliphatic carbocycles. The molecule has 2 atom stereocenters. The lowest BCUT2D eigenvalue weighted by Crippen LogP contribution is -2.64. The standard InChI is InChI=1S/C16H14F5N5O3/c1-24-13-12(14(28)25(2)15(24)29)26(6-22-13)5-10(27)23-7-3-8(17)11(9(18)4-7)16(19,20)21/h3-4,6,12-13H,5H2,1-2H3,(H,23,27). The van der Waals surface area contributed by atoms with Gasteiger partial charge in [-0.05, 0) is 12.1 Å². The van der Waals surface area contributed by atoms with Gasteiger partial charge in [0.15, 0.2) is 12.2 Å². The molecule has 2 heterocycles. The molecule has 0 spiro atoms. The molecule has 29 heavy (non-hydrogen) atoms. The van der Waals surface area contributed by atoms with Crippen LogP contribution in [0.1, 0.15) is 5.56 Å². The second kappa shape index (κ2) is 6.97. The van der Waals surface area contributed by atoms with Crippen LogP contribution in [0, 0.1) is 11.6 Å². The van der Waals surface area contributed by atoms with Gasteiger partial charge in [-0.15, -0.1) is 0 Å². The number of likely N-dealkylation sites (N-methyl/N-ethyl adjacent to an activating group) is 2. The molecule has 4 amide bonds. The Labute approximate surface area is 160 Å². The number of carbonyl (C=O) groups excluding carboxylic acids is 3. The second-order valence-corrected chi connectivity index (χ2v) is 6.45. The third-order valence-corrected chi connectivity index (χ3v) is 4.51. The highest BCUT2D eigenvalue weighted by atomic mass is 19.4. The molecule has 8 nitrogen and oxygen atoms in total. The number of fused-ring (bicyclic) bond motifs is 1. The molecule has 1 aromatic carbocycles. The highest BCUT2D eigenvalue weighted by molar-refractivity contribution is 6.02. The number of amides is 4. The summed E-state index contributed by atoms with van der Waals surface area (Å²) in [6.45, 7) is -0.490. The van der Waals surface area contributed by atoms with Crippen LogP contribution in [-0.2, 0) is 15.8 Å². The molecular weight excluding hydrogens is 405 g/mol. The van der Waals surface area contributed by atoms with E-state index in [-0.39, 0.29) is 0 Å². The minimum absolute atomic E-state index is 0.344. The Hall–Kier alpha value is -3.25. The number of hydrogen-bond acceptors (Lipinski definition) is 5. The summed E-state index contributed by atoms with van der Waals surface area (Å²) in [5, 5.41) is 2.08. The molecule has 0 aromatic heterocycles. The van der Waals surface area contributed by atoms with Gasteiger partial charge in [-0.1, -0.05) is 0 Å². The number of halogens is 5. The minimum Gasteiger partial charge on any atom is -0.338 e. The number of urea groups is 1. The summed E-state index contributed by atoms with van der Waals surface area (Å²) in [4.78, 5) is 43.8. The lowest BCUT2D eigenvalue weighted by Gasteiger charge is -2.39. The zero-order chi connectivity index (χ0) is 21.7. The molecule has 2 aliphatic rings. The van der Waals surface area contributed by atoms with Gasteiger partial charge < -0.3 is 15.1 Å². The summed E-state index contributed by atoms with van der Waals surface area (Å²) < 4.78 is 65.1. The number of hydrogen-bond donors (Lipinski definition) is 1. The van der Waals surface area contributed by atoms with Gasteiger partial charge in [0.1, 0.15) is 17.2 Å². The van der Waals surface area contributed by atoms with Crippen molar-refractivity contribution in [1.82, 2.24) is 14.7 Å². The highest BCUT2D eigenvalue weighted by Gasteiger charge is 2.48. The van der Waals surface area contributed by atoms with Crippen molar-refractivity contribution < 1.29 is 36.3 Å². The van der Waals surface area contributed by atoms with E-state index in [9.17, 15) is 36.3 Å². The van der Waals surface area contributed by atoms with Crippen molar-refractivity contribution in [2.45, 2.75) is 18.4 Å². The Bertz CT molecular complexity index is 896. The molecule has 156 valence electrons. The lowest BCUT2D eigenvalue weighted by atomic mass is 10.1. The van der Waals surface area contributed by atoms with Crippen molar-refractivity contribution in [3.8, 4) is 0 Å². The first-order valence-electron chi connectivity index (χ1n) is 8.11. The third-order valence-electron chi connectivity index (χ3n) is 4.51. The van der Waals surface area contributed by atoms with E-state index in [1.165, 1.54) is 30.2 Å². The second-order valence-electron chi connectivity index (χ2n) is 6.45. The molecule has 13 heteroatoms. The van der Waals surface area contributed by atoms with Crippen molar-refractivity contribution in [2.75, 3.05) is 26.0 Å². The topological polar surface area (TPSA) is 85.3 Å². The van der Waals surface area contributed by atoms with Crippen molar-refractivity contribution in [1.29, 1.82) is 0 Å². The number of nitrogens with one attached hydrogen (secondary N) is 1. The predicted octanol–water partition coefficient (Wildman–Crippen LogP) is 1.48. The van der Waals surface area contributed by atoms with Crippen LogP contribution in [0.4, 0.5) is 32.4 Å². The maximum absolute atomic E-state index is 13.6. The van der Waals surface area contributed by atoms with Gasteiger partial charge in [0, 0.05) is 19.8 Å². The zero-order valence-corrected chi connectivity index (χ0v) is 15.0. The number of imide groups is 1. The van der Waals surface area contributed by atoms with Crippen molar-refractivity contribution in [3.05, 3.63) is 29.3 Å². The predicted molar refractivity (Wildman–Crippen MR) is 88.7 cm³/mol. The van der Waals surface area contributed by atoms with E-state index in [0.717, 1.165) is 4.90 Å². The smallest absolute Gasteiger partial charge is 0.338 e. The van der Waals surface area contributed by atoms with Crippen LogP contribution in [-0.4, -0.2) is 71.7 Å². The SMILES string of the molecule is CN1C(=O)C2C(N=CN2CC(=O)Nc2cc(F)c(C(F)(F)F)c(F)c2)N(C)C1=O. The number of alkyl halides is 3. The van der Waals surface area contributed by atoms with Crippen LogP contribution in [0.5, 0.6) is 0 Å². The largest absolute Gasteiger partial charge is 0.422 e. The van der Waals surface area contributed by atoms with E-state index in [4.69, 9.17) is 0 Å². The maximum atomic E-state index is 13.6. The van der Waals surface area contributed by atoms with E-state index in [0.29, 0.717) is 12.1 Å². The Morgan fingerprint density at radius 3 is 2.31 bits per heavy atom. The van der Waals surface area contributed by atoms with Crippen LogP contribution >= 0.6 is 0 Å². The van der Waals surface area contributed by atoms with E-state index < -0.39 is 65.7 Å². The van der Waals surface area contributed by atoms with Crippen LogP contribution in [0.2, 0.25) is 0 Å². The number of rotatable bonds is 3. The number of carbonyl (C=O) groups is 3. The summed E-state index contributed by atoms with van der Waals surface area (Å²) in [7, 11) is 2.69. The molecule has 3 rings (SSSR count). The van der Waals surface area contributed by atoms with Gasteiger partial charge in [0.05, 0.1) is 12.9 Å². The van der Waals surface area contributed by atoms with Gasteiger partial charge >= 0.3 is 12.2 Å². The van der Waals surface area contributed by atoms with Crippen LogP contribution in [0.3, 0.4) is 0 Å². The summed E-state index contributed by atoms with van der Waals surface area (Å²) in [6, 6.07) is -0.863. The molecule has 0 saturated carbocycles. The van der Waals surface area contributed by atoms with Crippen molar-refractivity contribution in [3.63, 3.8) is 0 Å². The number of nitrogens with zero attached hydrogens (tertiary/aromatic N) is 4. The fourth-order valence-corrected chi connectivity index (χ4v) is 3.12. The number of aliphatic imine (C=N–C) groups is 1. The van der Waals surface area contributed by atoms with Crippen LogP contribution in [0.25, 0.3) is 0 Å². The highest BCUT2D eigenvalue weighted by Crippen LogP contribution is 2.35. The Balaban J connectivity index is 1.73. The van der Waals surface area contributed by atoms with Gasteiger partial charge in [0.2, 0.25) is 5.91 Å². The third kappa shape index (κ3) is 3.59. The van der Waals surface area contributed by atoms with E-state index in [1.54, 1.807) is 0 Å². The van der Waals surface area contributed by atoms with Crippen molar-refractivity contribution in [2.24, 2.45) is 4.99 Å². The molecule has 1 saturated heterocycles. The Morgan fingerprint density at radius 2 is 1.76 bits per heavy atom.